The molecule has 0 saturated heterocycles. The Morgan fingerprint density at radius 1 is 1.39 bits per heavy atom. The molecule has 1 aromatic carbocycles. The lowest BCUT2D eigenvalue weighted by Gasteiger charge is -2.20. The van der Waals surface area contributed by atoms with Crippen molar-refractivity contribution in [3.8, 4) is 0 Å². The van der Waals surface area contributed by atoms with Crippen molar-refractivity contribution in [2.24, 2.45) is 21.5 Å². The van der Waals surface area contributed by atoms with Gasteiger partial charge in [-0.2, -0.15) is 0 Å². The number of allylic oxidation sites excluding steroid dienone is 1. The number of aliphatic imine (C=N–C) groups is 2. The Kier molecular flexibility index (Phi) is 5.94. The standard InChI is InChI=1S/C17H24N6/c1-20-10-13(9-18)12-4-3-5-14(8-12)23-17(19)15-11-22-7-6-16(15)21-2/h3-5,8-10,21-22H,6-7,11,18H2,1-2H3,(H2,19,23). The summed E-state index contributed by atoms with van der Waals surface area (Å²) < 4.78 is 0. The first-order valence-electron chi connectivity index (χ1n) is 7.59. The smallest absolute Gasteiger partial charge is 0.130 e. The van der Waals surface area contributed by atoms with Crippen molar-refractivity contribution in [1.29, 1.82) is 0 Å². The first-order chi connectivity index (χ1) is 11.2. The minimum atomic E-state index is 0.529. The third-order valence-electron chi connectivity index (χ3n) is 3.71. The molecule has 1 aliphatic heterocycles. The van der Waals surface area contributed by atoms with E-state index in [-0.39, 0.29) is 0 Å². The van der Waals surface area contributed by atoms with Crippen LogP contribution in [0.2, 0.25) is 0 Å². The monoisotopic (exact) mass is 312 g/mol. The zero-order valence-electron chi connectivity index (χ0n) is 13.6. The quantitative estimate of drug-likeness (QED) is 0.484. The maximum Gasteiger partial charge on any atom is 0.130 e. The third kappa shape index (κ3) is 4.20. The van der Waals surface area contributed by atoms with Gasteiger partial charge in [-0.15, -0.1) is 0 Å². The van der Waals surface area contributed by atoms with Crippen LogP contribution in [-0.4, -0.2) is 39.2 Å². The Labute approximate surface area is 137 Å². The second kappa shape index (κ2) is 8.14. The summed E-state index contributed by atoms with van der Waals surface area (Å²) in [4.78, 5) is 8.57. The number of rotatable bonds is 5. The van der Waals surface area contributed by atoms with Gasteiger partial charge in [-0.25, -0.2) is 4.99 Å². The normalized spacial score (nSPS) is 17.0. The zero-order valence-corrected chi connectivity index (χ0v) is 13.6. The number of hydrogen-bond donors (Lipinski definition) is 4. The lowest BCUT2D eigenvalue weighted by Crippen LogP contribution is -2.35. The maximum absolute atomic E-state index is 6.21. The minimum absolute atomic E-state index is 0.529. The fraction of sp³-hybridized carbons (Fsp3) is 0.294. The van der Waals surface area contributed by atoms with Crippen LogP contribution in [-0.2, 0) is 0 Å². The van der Waals surface area contributed by atoms with Gasteiger partial charge in [0.05, 0.1) is 5.69 Å². The lowest BCUT2D eigenvalue weighted by molar-refractivity contribution is 0.659. The molecule has 0 aromatic heterocycles. The molecule has 0 amide bonds. The van der Waals surface area contributed by atoms with Crippen LogP contribution >= 0.6 is 0 Å². The van der Waals surface area contributed by atoms with Gasteiger partial charge in [0.15, 0.2) is 0 Å². The molecule has 23 heavy (non-hydrogen) atoms. The van der Waals surface area contributed by atoms with Crippen molar-refractivity contribution in [3.05, 3.63) is 47.3 Å². The summed E-state index contributed by atoms with van der Waals surface area (Å²) in [6, 6.07) is 7.77. The van der Waals surface area contributed by atoms with Gasteiger partial charge in [-0.05, 0) is 17.7 Å². The van der Waals surface area contributed by atoms with Gasteiger partial charge >= 0.3 is 0 Å². The average Bonchev–Trinajstić information content (AvgIpc) is 2.59. The van der Waals surface area contributed by atoms with E-state index in [1.54, 1.807) is 13.3 Å². The van der Waals surface area contributed by atoms with Crippen LogP contribution in [0.3, 0.4) is 0 Å². The molecule has 0 unspecified atom stereocenters. The van der Waals surface area contributed by atoms with Crippen LogP contribution in [0.25, 0.3) is 5.57 Å². The molecule has 1 aliphatic rings. The number of benzene rings is 1. The topological polar surface area (TPSA) is 101 Å². The van der Waals surface area contributed by atoms with E-state index in [0.717, 1.165) is 47.6 Å². The summed E-state index contributed by atoms with van der Waals surface area (Å²) in [5, 5.41) is 6.53. The van der Waals surface area contributed by atoms with E-state index in [1.807, 2.05) is 31.3 Å². The fourth-order valence-corrected chi connectivity index (χ4v) is 2.52. The van der Waals surface area contributed by atoms with E-state index in [1.165, 1.54) is 6.20 Å². The summed E-state index contributed by atoms with van der Waals surface area (Å²) in [7, 11) is 3.63. The first-order valence-corrected chi connectivity index (χ1v) is 7.59. The SMILES string of the molecule is CN=CC(=CN)c1cccc(N=C(N)C2=C(NC)CCNC2)c1. The molecule has 6 nitrogen and oxygen atoms in total. The van der Waals surface area contributed by atoms with Crippen molar-refractivity contribution in [3.63, 3.8) is 0 Å². The molecular weight excluding hydrogens is 288 g/mol. The minimum Gasteiger partial charge on any atom is -0.404 e. The van der Waals surface area contributed by atoms with Crippen molar-refractivity contribution >= 4 is 23.3 Å². The first kappa shape index (κ1) is 16.8. The maximum atomic E-state index is 6.21. The van der Waals surface area contributed by atoms with E-state index in [9.17, 15) is 0 Å². The van der Waals surface area contributed by atoms with Gasteiger partial charge in [0.2, 0.25) is 0 Å². The summed E-state index contributed by atoms with van der Waals surface area (Å²) in [6.07, 6.45) is 4.18. The molecule has 122 valence electrons. The van der Waals surface area contributed by atoms with Crippen LogP contribution in [0.5, 0.6) is 0 Å². The number of amidine groups is 1. The number of nitrogens with zero attached hydrogens (tertiary/aromatic N) is 2. The van der Waals surface area contributed by atoms with E-state index in [4.69, 9.17) is 11.5 Å². The van der Waals surface area contributed by atoms with Crippen LogP contribution < -0.4 is 22.1 Å². The summed E-state index contributed by atoms with van der Waals surface area (Å²) in [6.45, 7) is 1.67. The number of hydrogen-bond acceptors (Lipinski definition) is 5. The fourth-order valence-electron chi connectivity index (χ4n) is 2.52. The van der Waals surface area contributed by atoms with Crippen molar-refractivity contribution < 1.29 is 0 Å². The van der Waals surface area contributed by atoms with Gasteiger partial charge in [0.25, 0.3) is 0 Å². The van der Waals surface area contributed by atoms with Gasteiger partial charge < -0.3 is 22.1 Å². The molecule has 0 atom stereocenters. The molecule has 0 saturated carbocycles. The van der Waals surface area contributed by atoms with Gasteiger partial charge in [0, 0.05) is 62.9 Å². The van der Waals surface area contributed by atoms with Crippen LogP contribution in [0.1, 0.15) is 12.0 Å². The zero-order chi connectivity index (χ0) is 16.7. The van der Waals surface area contributed by atoms with Gasteiger partial charge in [0.1, 0.15) is 5.84 Å². The van der Waals surface area contributed by atoms with Crippen molar-refractivity contribution in [2.45, 2.75) is 6.42 Å². The molecule has 1 aromatic rings. The van der Waals surface area contributed by atoms with Crippen LogP contribution in [0.15, 0.2) is 51.7 Å². The van der Waals surface area contributed by atoms with Crippen molar-refractivity contribution in [1.82, 2.24) is 10.6 Å². The molecule has 2 rings (SSSR count). The third-order valence-corrected chi connectivity index (χ3v) is 3.71. The Hall–Kier alpha value is -2.60. The molecule has 0 spiro atoms. The summed E-state index contributed by atoms with van der Waals surface area (Å²) in [5.41, 5.74) is 16.6. The Bertz CT molecular complexity index is 669. The molecule has 6 heteroatoms. The second-order valence-corrected chi connectivity index (χ2v) is 5.19. The van der Waals surface area contributed by atoms with E-state index in [2.05, 4.69) is 20.6 Å². The molecule has 0 radical (unpaired) electrons. The highest BCUT2D eigenvalue weighted by atomic mass is 15.0. The predicted molar refractivity (Wildman–Crippen MR) is 97.9 cm³/mol. The van der Waals surface area contributed by atoms with Crippen LogP contribution in [0.4, 0.5) is 5.69 Å². The summed E-state index contributed by atoms with van der Waals surface area (Å²) >= 11 is 0. The highest BCUT2D eigenvalue weighted by Crippen LogP contribution is 2.20. The van der Waals surface area contributed by atoms with E-state index < -0.39 is 0 Å². The van der Waals surface area contributed by atoms with Crippen molar-refractivity contribution in [2.75, 3.05) is 27.2 Å². The van der Waals surface area contributed by atoms with E-state index in [0.29, 0.717) is 5.84 Å². The Morgan fingerprint density at radius 2 is 2.22 bits per heavy atom. The molecule has 0 fully saturated rings. The molecule has 6 N–H and O–H groups in total. The number of nitrogens with two attached hydrogens (primary N) is 2. The Morgan fingerprint density at radius 3 is 2.91 bits per heavy atom. The predicted octanol–water partition coefficient (Wildman–Crippen LogP) is 1.14. The molecule has 0 aliphatic carbocycles. The molecule has 1 heterocycles. The van der Waals surface area contributed by atoms with E-state index >= 15 is 0 Å². The Balaban J connectivity index is 2.34. The molecule has 0 bridgehead atoms. The summed E-state index contributed by atoms with van der Waals surface area (Å²) in [5.74, 6) is 0.529. The van der Waals surface area contributed by atoms with Gasteiger partial charge in [-0.1, -0.05) is 12.1 Å². The lowest BCUT2D eigenvalue weighted by atomic mass is 10.1. The van der Waals surface area contributed by atoms with Gasteiger partial charge in [-0.3, -0.25) is 4.99 Å². The highest BCUT2D eigenvalue weighted by Gasteiger charge is 2.14. The average molecular weight is 312 g/mol. The highest BCUT2D eigenvalue weighted by molar-refractivity contribution is 6.09. The largest absolute Gasteiger partial charge is 0.404 e. The number of nitrogens with one attached hydrogen (secondary N) is 2. The molecular formula is C17H24N6. The second-order valence-electron chi connectivity index (χ2n) is 5.19. The van der Waals surface area contributed by atoms with Crippen LogP contribution in [0, 0.1) is 0 Å².